The lowest BCUT2D eigenvalue weighted by atomic mass is 9.89. The Bertz CT molecular complexity index is 426. The lowest BCUT2D eigenvalue weighted by Gasteiger charge is -2.32. The fourth-order valence-electron chi connectivity index (χ4n) is 2.79. The number of ether oxygens (including phenoxy) is 1. The van der Waals surface area contributed by atoms with Crippen molar-refractivity contribution < 1.29 is 9.84 Å². The third-order valence-electron chi connectivity index (χ3n) is 3.88. The van der Waals surface area contributed by atoms with Crippen LogP contribution >= 0.6 is 0 Å². The average molecular weight is 278 g/mol. The summed E-state index contributed by atoms with van der Waals surface area (Å²) in [5, 5.41) is 8.98. The Hall–Kier alpha value is -1.26. The summed E-state index contributed by atoms with van der Waals surface area (Å²) in [6, 6.07) is 6.17. The molecule has 4 nitrogen and oxygen atoms in total. The molecule has 0 amide bonds. The number of anilines is 1. The van der Waals surface area contributed by atoms with Crippen LogP contribution in [0.5, 0.6) is 5.75 Å². The topological polar surface area (TPSA) is 58.7 Å². The van der Waals surface area contributed by atoms with Crippen molar-refractivity contribution in [3.8, 4) is 5.75 Å². The van der Waals surface area contributed by atoms with Crippen molar-refractivity contribution in [2.45, 2.75) is 38.7 Å². The smallest absolute Gasteiger partial charge is 0.142 e. The number of hydrogen-bond donors (Lipinski definition) is 2. The van der Waals surface area contributed by atoms with Crippen LogP contribution in [0.1, 0.15) is 38.2 Å². The van der Waals surface area contributed by atoms with Crippen molar-refractivity contribution >= 4 is 5.69 Å². The van der Waals surface area contributed by atoms with Gasteiger partial charge in [-0.1, -0.05) is 6.07 Å². The number of rotatable bonds is 5. The molecular formula is C16H26N2O2. The molecule has 4 heteroatoms. The van der Waals surface area contributed by atoms with Gasteiger partial charge in [-0.25, -0.2) is 0 Å². The van der Waals surface area contributed by atoms with Gasteiger partial charge in [0.1, 0.15) is 5.75 Å². The third kappa shape index (κ3) is 3.87. The van der Waals surface area contributed by atoms with Crippen LogP contribution in [0.3, 0.4) is 0 Å². The van der Waals surface area contributed by atoms with Gasteiger partial charge in [0, 0.05) is 6.54 Å². The lowest BCUT2D eigenvalue weighted by molar-refractivity contribution is 0.164. The molecule has 112 valence electrons. The molecule has 0 saturated carbocycles. The maximum Gasteiger partial charge on any atom is 0.142 e. The summed E-state index contributed by atoms with van der Waals surface area (Å²) in [4.78, 5) is 2.32. The highest BCUT2D eigenvalue weighted by Crippen LogP contribution is 2.33. The fourth-order valence-corrected chi connectivity index (χ4v) is 2.79. The first-order chi connectivity index (χ1) is 9.60. The Morgan fingerprint density at radius 2 is 2.05 bits per heavy atom. The van der Waals surface area contributed by atoms with Gasteiger partial charge in [-0.2, -0.15) is 0 Å². The predicted molar refractivity (Wildman–Crippen MR) is 82.1 cm³/mol. The van der Waals surface area contributed by atoms with Crippen molar-refractivity contribution in [2.75, 3.05) is 32.0 Å². The largest absolute Gasteiger partial charge is 0.489 e. The van der Waals surface area contributed by atoms with E-state index in [0.29, 0.717) is 11.6 Å². The van der Waals surface area contributed by atoms with E-state index in [0.717, 1.165) is 38.2 Å². The zero-order valence-corrected chi connectivity index (χ0v) is 12.5. The first-order valence-corrected chi connectivity index (χ1v) is 7.49. The summed E-state index contributed by atoms with van der Waals surface area (Å²) in [6.45, 7) is 7.17. The zero-order chi connectivity index (χ0) is 14.5. The minimum Gasteiger partial charge on any atom is -0.489 e. The SMILES string of the molecule is CC(C)Oc1cc(C2CCN(CCO)CC2)ccc1N. The van der Waals surface area contributed by atoms with Gasteiger partial charge in [0.05, 0.1) is 18.4 Å². The molecule has 3 N–H and O–H groups in total. The molecule has 2 rings (SSSR count). The Morgan fingerprint density at radius 1 is 1.35 bits per heavy atom. The molecule has 0 radical (unpaired) electrons. The summed E-state index contributed by atoms with van der Waals surface area (Å²) in [5.41, 5.74) is 7.99. The van der Waals surface area contributed by atoms with Gasteiger partial charge in [0.15, 0.2) is 0 Å². The number of β-amino-alcohol motifs (C(OH)–C–C–N with tert-alkyl or cyclic N) is 1. The van der Waals surface area contributed by atoms with Crippen molar-refractivity contribution in [2.24, 2.45) is 0 Å². The summed E-state index contributed by atoms with van der Waals surface area (Å²) < 4.78 is 5.77. The van der Waals surface area contributed by atoms with Gasteiger partial charge in [0.2, 0.25) is 0 Å². The number of aliphatic hydroxyl groups excluding tert-OH is 1. The van der Waals surface area contributed by atoms with E-state index in [2.05, 4.69) is 17.0 Å². The zero-order valence-electron chi connectivity index (χ0n) is 12.5. The quantitative estimate of drug-likeness (QED) is 0.811. The highest BCUT2D eigenvalue weighted by molar-refractivity contribution is 5.54. The van der Waals surface area contributed by atoms with Crippen molar-refractivity contribution in [3.05, 3.63) is 23.8 Å². The van der Waals surface area contributed by atoms with E-state index < -0.39 is 0 Å². The number of benzene rings is 1. The molecule has 0 aromatic heterocycles. The standard InChI is InChI=1S/C16H26N2O2/c1-12(2)20-16-11-14(3-4-15(16)17)13-5-7-18(8-6-13)9-10-19/h3-4,11-13,19H,5-10,17H2,1-2H3. The second kappa shape index (κ2) is 6.95. The molecule has 20 heavy (non-hydrogen) atoms. The summed E-state index contributed by atoms with van der Waals surface area (Å²) >= 11 is 0. The van der Waals surface area contributed by atoms with Gasteiger partial charge in [-0.05, 0) is 63.4 Å². The van der Waals surface area contributed by atoms with Gasteiger partial charge in [-0.15, -0.1) is 0 Å². The number of nitrogens with two attached hydrogens (primary N) is 1. The second-order valence-electron chi connectivity index (χ2n) is 5.80. The molecule has 1 heterocycles. The normalized spacial score (nSPS) is 17.6. The molecule has 1 aliphatic heterocycles. The van der Waals surface area contributed by atoms with E-state index in [1.807, 2.05) is 19.9 Å². The number of piperidine rings is 1. The van der Waals surface area contributed by atoms with Crippen LogP contribution in [0.15, 0.2) is 18.2 Å². The minimum absolute atomic E-state index is 0.138. The number of likely N-dealkylation sites (tertiary alicyclic amines) is 1. The van der Waals surface area contributed by atoms with E-state index in [1.54, 1.807) is 0 Å². The van der Waals surface area contributed by atoms with Crippen molar-refractivity contribution in [1.82, 2.24) is 4.90 Å². The average Bonchev–Trinajstić information content (AvgIpc) is 2.42. The highest BCUT2D eigenvalue weighted by atomic mass is 16.5. The molecule has 1 saturated heterocycles. The number of aliphatic hydroxyl groups is 1. The van der Waals surface area contributed by atoms with Crippen molar-refractivity contribution in [3.63, 3.8) is 0 Å². The van der Waals surface area contributed by atoms with Crippen LogP contribution < -0.4 is 10.5 Å². The van der Waals surface area contributed by atoms with Crippen molar-refractivity contribution in [1.29, 1.82) is 0 Å². The van der Waals surface area contributed by atoms with E-state index in [4.69, 9.17) is 15.6 Å². The molecule has 0 bridgehead atoms. The number of nitrogen functional groups attached to an aromatic ring is 1. The van der Waals surface area contributed by atoms with Crippen LogP contribution in [-0.2, 0) is 0 Å². The molecule has 1 fully saturated rings. The molecule has 1 aromatic carbocycles. The molecule has 1 aromatic rings. The van der Waals surface area contributed by atoms with Gasteiger partial charge < -0.3 is 20.5 Å². The summed E-state index contributed by atoms with van der Waals surface area (Å²) in [5.74, 6) is 1.37. The van der Waals surface area contributed by atoms with Crippen LogP contribution in [0, 0.1) is 0 Å². The van der Waals surface area contributed by atoms with Gasteiger partial charge in [-0.3, -0.25) is 0 Å². The molecule has 0 spiro atoms. The summed E-state index contributed by atoms with van der Waals surface area (Å²) in [7, 11) is 0. The Balaban J connectivity index is 2.02. The van der Waals surface area contributed by atoms with E-state index in [9.17, 15) is 0 Å². The van der Waals surface area contributed by atoms with Crippen LogP contribution in [0.25, 0.3) is 0 Å². The molecule has 1 aliphatic rings. The van der Waals surface area contributed by atoms with E-state index in [1.165, 1.54) is 5.56 Å². The maximum atomic E-state index is 8.98. The fraction of sp³-hybridized carbons (Fsp3) is 0.625. The first-order valence-electron chi connectivity index (χ1n) is 7.49. The Morgan fingerprint density at radius 3 is 2.65 bits per heavy atom. The monoisotopic (exact) mass is 278 g/mol. The molecule has 0 aliphatic carbocycles. The van der Waals surface area contributed by atoms with Crippen LogP contribution in [-0.4, -0.2) is 42.4 Å². The highest BCUT2D eigenvalue weighted by Gasteiger charge is 2.21. The maximum absolute atomic E-state index is 8.98. The van der Waals surface area contributed by atoms with Crippen LogP contribution in [0.2, 0.25) is 0 Å². The molecule has 0 unspecified atom stereocenters. The second-order valence-corrected chi connectivity index (χ2v) is 5.80. The molecule has 0 atom stereocenters. The predicted octanol–water partition coefficient (Wildman–Crippen LogP) is 2.23. The van der Waals surface area contributed by atoms with Gasteiger partial charge >= 0.3 is 0 Å². The minimum atomic E-state index is 0.138. The lowest BCUT2D eigenvalue weighted by Crippen LogP contribution is -2.34. The number of hydrogen-bond acceptors (Lipinski definition) is 4. The van der Waals surface area contributed by atoms with Crippen LogP contribution in [0.4, 0.5) is 5.69 Å². The summed E-state index contributed by atoms with van der Waals surface area (Å²) in [6.07, 6.45) is 2.40. The Kier molecular flexibility index (Phi) is 5.26. The van der Waals surface area contributed by atoms with E-state index in [-0.39, 0.29) is 12.7 Å². The van der Waals surface area contributed by atoms with E-state index >= 15 is 0 Å². The third-order valence-corrected chi connectivity index (χ3v) is 3.88. The first kappa shape index (κ1) is 15.1. The number of nitrogens with zero attached hydrogens (tertiary/aromatic N) is 1. The molecular weight excluding hydrogens is 252 g/mol. The van der Waals surface area contributed by atoms with Gasteiger partial charge in [0.25, 0.3) is 0 Å². The Labute approximate surface area is 121 Å².